The Balaban J connectivity index is 2.38. The molecule has 0 spiro atoms. The lowest BCUT2D eigenvalue weighted by atomic mass is 10.2. The summed E-state index contributed by atoms with van der Waals surface area (Å²) in [7, 11) is 1.49. The van der Waals surface area contributed by atoms with Gasteiger partial charge in [-0.3, -0.25) is 0 Å². The number of methoxy groups -OCH3 is 1. The molecule has 2 aromatic rings. The summed E-state index contributed by atoms with van der Waals surface area (Å²) in [5.74, 6) is 0.969. The normalized spacial score (nSPS) is 9.79. The third-order valence-corrected chi connectivity index (χ3v) is 2.58. The molecule has 96 valence electrons. The molecule has 0 amide bonds. The number of rotatable bonds is 3. The van der Waals surface area contributed by atoms with Crippen molar-refractivity contribution < 1.29 is 9.47 Å². The zero-order valence-corrected chi connectivity index (χ0v) is 11.2. The SMILES string of the molecule is COc1cc(C#N)cc(Oc2nc(Cl)ncc2Cl)c1. The van der Waals surface area contributed by atoms with E-state index in [9.17, 15) is 0 Å². The van der Waals surface area contributed by atoms with Gasteiger partial charge in [-0.1, -0.05) is 11.6 Å². The molecule has 19 heavy (non-hydrogen) atoms. The van der Waals surface area contributed by atoms with Crippen molar-refractivity contribution in [3.63, 3.8) is 0 Å². The van der Waals surface area contributed by atoms with Crippen molar-refractivity contribution in [2.45, 2.75) is 0 Å². The lowest BCUT2D eigenvalue weighted by Crippen LogP contribution is -1.93. The van der Waals surface area contributed by atoms with Crippen LogP contribution in [0.5, 0.6) is 17.4 Å². The molecule has 1 heterocycles. The Hall–Kier alpha value is -2.03. The van der Waals surface area contributed by atoms with E-state index in [0.717, 1.165) is 0 Å². The molecule has 2 rings (SSSR count). The van der Waals surface area contributed by atoms with Gasteiger partial charge >= 0.3 is 0 Å². The highest BCUT2D eigenvalue weighted by atomic mass is 35.5. The second-order valence-electron chi connectivity index (χ2n) is 3.40. The Kier molecular flexibility index (Phi) is 4.05. The summed E-state index contributed by atoms with van der Waals surface area (Å²) in [6, 6.07) is 6.73. The van der Waals surface area contributed by atoms with Crippen LogP contribution in [0.1, 0.15) is 5.56 Å². The van der Waals surface area contributed by atoms with Gasteiger partial charge in [0.15, 0.2) is 0 Å². The van der Waals surface area contributed by atoms with E-state index in [1.54, 1.807) is 12.1 Å². The zero-order chi connectivity index (χ0) is 13.8. The quantitative estimate of drug-likeness (QED) is 0.811. The number of nitriles is 1. The van der Waals surface area contributed by atoms with Crippen LogP contribution in [0.3, 0.4) is 0 Å². The number of halogens is 2. The van der Waals surface area contributed by atoms with E-state index in [1.807, 2.05) is 6.07 Å². The van der Waals surface area contributed by atoms with Crippen molar-refractivity contribution in [1.29, 1.82) is 5.26 Å². The van der Waals surface area contributed by atoms with Gasteiger partial charge in [0.05, 0.1) is 24.9 Å². The van der Waals surface area contributed by atoms with Gasteiger partial charge in [0.2, 0.25) is 11.2 Å². The van der Waals surface area contributed by atoms with Gasteiger partial charge < -0.3 is 9.47 Å². The van der Waals surface area contributed by atoms with E-state index >= 15 is 0 Å². The Labute approximate surface area is 119 Å². The van der Waals surface area contributed by atoms with E-state index in [1.165, 1.54) is 19.4 Å². The lowest BCUT2D eigenvalue weighted by Gasteiger charge is -2.08. The van der Waals surface area contributed by atoms with Gasteiger partial charge in [-0.25, -0.2) is 4.98 Å². The van der Waals surface area contributed by atoms with Gasteiger partial charge in [0.25, 0.3) is 0 Å². The molecule has 0 aliphatic heterocycles. The van der Waals surface area contributed by atoms with Crippen LogP contribution in [0, 0.1) is 11.3 Å². The lowest BCUT2D eigenvalue weighted by molar-refractivity contribution is 0.407. The molecular formula is C12H7Cl2N3O2. The van der Waals surface area contributed by atoms with Crippen LogP contribution in [0.2, 0.25) is 10.3 Å². The fraction of sp³-hybridized carbons (Fsp3) is 0.0833. The number of nitrogens with zero attached hydrogens (tertiary/aromatic N) is 3. The topological polar surface area (TPSA) is 68.0 Å². The predicted molar refractivity (Wildman–Crippen MR) is 69.8 cm³/mol. The van der Waals surface area contributed by atoms with Crippen LogP contribution in [-0.4, -0.2) is 17.1 Å². The van der Waals surface area contributed by atoms with Crippen molar-refractivity contribution >= 4 is 23.2 Å². The van der Waals surface area contributed by atoms with Gasteiger partial charge in [-0.05, 0) is 23.7 Å². The highest BCUT2D eigenvalue weighted by molar-refractivity contribution is 6.32. The molecule has 0 saturated heterocycles. The summed E-state index contributed by atoms with van der Waals surface area (Å²) in [5.41, 5.74) is 0.394. The Morgan fingerprint density at radius 3 is 2.63 bits per heavy atom. The van der Waals surface area contributed by atoms with E-state index < -0.39 is 0 Å². The summed E-state index contributed by atoms with van der Waals surface area (Å²) in [6.07, 6.45) is 1.33. The summed E-state index contributed by atoms with van der Waals surface area (Å²) >= 11 is 11.6. The Morgan fingerprint density at radius 1 is 1.21 bits per heavy atom. The van der Waals surface area contributed by atoms with E-state index in [4.69, 9.17) is 37.9 Å². The van der Waals surface area contributed by atoms with E-state index in [2.05, 4.69) is 9.97 Å². The molecule has 7 heteroatoms. The number of aromatic nitrogens is 2. The van der Waals surface area contributed by atoms with Crippen LogP contribution in [0.15, 0.2) is 24.4 Å². The molecule has 0 saturated carbocycles. The van der Waals surface area contributed by atoms with Gasteiger partial charge in [0, 0.05) is 6.07 Å². The first-order chi connectivity index (χ1) is 9.12. The van der Waals surface area contributed by atoms with Crippen LogP contribution >= 0.6 is 23.2 Å². The summed E-state index contributed by atoms with van der Waals surface area (Å²) in [4.78, 5) is 7.57. The molecule has 5 nitrogen and oxygen atoms in total. The van der Waals surface area contributed by atoms with Crippen molar-refractivity contribution in [2.75, 3.05) is 7.11 Å². The minimum absolute atomic E-state index is 0.0165. The first kappa shape index (κ1) is 13.4. The van der Waals surface area contributed by atoms with Crippen molar-refractivity contribution in [2.24, 2.45) is 0 Å². The van der Waals surface area contributed by atoms with Crippen molar-refractivity contribution in [3.8, 4) is 23.4 Å². The Morgan fingerprint density at radius 2 is 1.95 bits per heavy atom. The molecule has 1 aromatic carbocycles. The summed E-state index contributed by atoms with van der Waals surface area (Å²) < 4.78 is 10.5. The maximum atomic E-state index is 8.91. The van der Waals surface area contributed by atoms with Crippen LogP contribution in [0.4, 0.5) is 0 Å². The van der Waals surface area contributed by atoms with Gasteiger partial charge in [-0.2, -0.15) is 10.2 Å². The average Bonchev–Trinajstić information content (AvgIpc) is 2.42. The fourth-order valence-electron chi connectivity index (χ4n) is 1.33. The summed E-state index contributed by atoms with van der Waals surface area (Å²) in [6.45, 7) is 0. The maximum Gasteiger partial charge on any atom is 0.242 e. The van der Waals surface area contributed by atoms with Gasteiger partial charge in [0.1, 0.15) is 16.5 Å². The second-order valence-corrected chi connectivity index (χ2v) is 4.15. The standard InChI is InChI=1S/C12H7Cl2N3O2/c1-18-8-2-7(5-15)3-9(4-8)19-11-10(13)6-16-12(14)17-11/h2-4,6H,1H3. The number of hydrogen-bond acceptors (Lipinski definition) is 5. The van der Waals surface area contributed by atoms with Crippen LogP contribution in [0.25, 0.3) is 0 Å². The molecule has 0 radical (unpaired) electrons. The first-order valence-corrected chi connectivity index (χ1v) is 5.83. The number of hydrogen-bond donors (Lipinski definition) is 0. The highest BCUT2D eigenvalue weighted by Crippen LogP contribution is 2.30. The molecule has 0 fully saturated rings. The van der Waals surface area contributed by atoms with Crippen LogP contribution < -0.4 is 9.47 Å². The predicted octanol–water partition coefficient (Wildman–Crippen LogP) is 3.46. The smallest absolute Gasteiger partial charge is 0.242 e. The van der Waals surface area contributed by atoms with E-state index in [-0.39, 0.29) is 16.2 Å². The third kappa shape index (κ3) is 3.25. The third-order valence-electron chi connectivity index (χ3n) is 2.14. The second kappa shape index (κ2) is 5.74. The monoisotopic (exact) mass is 295 g/mol. The molecule has 1 aromatic heterocycles. The van der Waals surface area contributed by atoms with Crippen molar-refractivity contribution in [1.82, 2.24) is 9.97 Å². The fourth-order valence-corrected chi connectivity index (χ4v) is 1.58. The zero-order valence-electron chi connectivity index (χ0n) is 9.72. The maximum absolute atomic E-state index is 8.91. The van der Waals surface area contributed by atoms with E-state index in [0.29, 0.717) is 17.1 Å². The van der Waals surface area contributed by atoms with Crippen LogP contribution in [-0.2, 0) is 0 Å². The molecule has 0 aliphatic carbocycles. The molecule has 0 unspecified atom stereocenters. The average molecular weight is 296 g/mol. The number of benzene rings is 1. The van der Waals surface area contributed by atoms with Crippen molar-refractivity contribution in [3.05, 3.63) is 40.3 Å². The highest BCUT2D eigenvalue weighted by Gasteiger charge is 2.09. The largest absolute Gasteiger partial charge is 0.497 e. The molecule has 0 bridgehead atoms. The van der Waals surface area contributed by atoms with Gasteiger partial charge in [-0.15, -0.1) is 0 Å². The molecule has 0 N–H and O–H groups in total. The minimum Gasteiger partial charge on any atom is -0.497 e. The molecular weight excluding hydrogens is 289 g/mol. The minimum atomic E-state index is 0.0165. The first-order valence-electron chi connectivity index (χ1n) is 5.07. The molecule has 0 atom stereocenters. The number of ether oxygens (including phenoxy) is 2. The summed E-state index contributed by atoms with van der Waals surface area (Å²) in [5, 5.41) is 9.14. The Bertz CT molecular complexity index is 656. The molecule has 0 aliphatic rings.